The minimum atomic E-state index is -3.75. The van der Waals surface area contributed by atoms with E-state index in [1.165, 1.54) is 12.7 Å². The van der Waals surface area contributed by atoms with Crippen LogP contribution in [0.5, 0.6) is 5.75 Å². The van der Waals surface area contributed by atoms with E-state index in [4.69, 9.17) is 9.88 Å². The minimum Gasteiger partial charge on any atom is -0.495 e. The molecule has 1 atom stereocenters. The minimum absolute atomic E-state index is 0.0988. The van der Waals surface area contributed by atoms with Gasteiger partial charge in [-0.15, -0.1) is 0 Å². The van der Waals surface area contributed by atoms with Gasteiger partial charge in [-0.3, -0.25) is 0 Å². The molecule has 1 aliphatic carbocycles. The first-order valence-electron chi connectivity index (χ1n) is 7.05. The second-order valence-corrected chi connectivity index (χ2v) is 7.43. The Labute approximate surface area is 121 Å². The smallest absolute Gasteiger partial charge is 0.241 e. The molecule has 0 heterocycles. The second-order valence-electron chi connectivity index (χ2n) is 5.90. The van der Waals surface area contributed by atoms with Gasteiger partial charge in [-0.25, -0.2) is 13.6 Å². The van der Waals surface area contributed by atoms with Gasteiger partial charge < -0.3 is 4.74 Å². The van der Waals surface area contributed by atoms with Crippen LogP contribution in [0.25, 0.3) is 0 Å². The highest BCUT2D eigenvalue weighted by Gasteiger charge is 2.23. The lowest BCUT2D eigenvalue weighted by molar-refractivity contribution is 0.345. The van der Waals surface area contributed by atoms with Crippen molar-refractivity contribution in [3.63, 3.8) is 0 Å². The molecular weight excluding hydrogens is 274 g/mol. The SMILES string of the molecule is COc1cc2c(cc1S(N)(=O)=O)CCC(C(C)C)CC2. The molecule has 112 valence electrons. The summed E-state index contributed by atoms with van der Waals surface area (Å²) >= 11 is 0. The van der Waals surface area contributed by atoms with E-state index in [0.717, 1.165) is 31.2 Å². The van der Waals surface area contributed by atoms with Crippen LogP contribution in [-0.2, 0) is 22.9 Å². The van der Waals surface area contributed by atoms with Gasteiger partial charge in [-0.2, -0.15) is 0 Å². The highest BCUT2D eigenvalue weighted by Crippen LogP contribution is 2.34. The maximum absolute atomic E-state index is 11.7. The van der Waals surface area contributed by atoms with Crippen LogP contribution in [-0.4, -0.2) is 15.5 Å². The third kappa shape index (κ3) is 3.15. The van der Waals surface area contributed by atoms with Crippen molar-refractivity contribution in [1.29, 1.82) is 0 Å². The summed E-state index contributed by atoms with van der Waals surface area (Å²) in [6, 6.07) is 3.55. The summed E-state index contributed by atoms with van der Waals surface area (Å²) in [5.41, 5.74) is 2.29. The zero-order valence-electron chi connectivity index (χ0n) is 12.3. The number of primary sulfonamides is 1. The Hall–Kier alpha value is -1.07. The Balaban J connectivity index is 2.42. The normalized spacial score (nSPS) is 19.6. The largest absolute Gasteiger partial charge is 0.495 e. The number of hydrogen-bond donors (Lipinski definition) is 1. The lowest BCUT2D eigenvalue weighted by Crippen LogP contribution is -2.14. The Kier molecular flexibility index (Phi) is 4.39. The van der Waals surface area contributed by atoms with E-state index in [-0.39, 0.29) is 4.90 Å². The molecule has 2 rings (SSSR count). The van der Waals surface area contributed by atoms with Gasteiger partial charge in [0.2, 0.25) is 10.0 Å². The lowest BCUT2D eigenvalue weighted by Gasteiger charge is -2.17. The molecule has 0 saturated heterocycles. The van der Waals surface area contributed by atoms with Crippen molar-refractivity contribution >= 4 is 10.0 Å². The van der Waals surface area contributed by atoms with Crippen molar-refractivity contribution in [2.24, 2.45) is 17.0 Å². The third-order valence-electron chi connectivity index (χ3n) is 4.30. The number of hydrogen-bond acceptors (Lipinski definition) is 3. The molecule has 4 nitrogen and oxygen atoms in total. The molecule has 0 aliphatic heterocycles. The number of sulfonamides is 1. The Morgan fingerprint density at radius 1 is 1.20 bits per heavy atom. The first-order chi connectivity index (χ1) is 9.32. The van der Waals surface area contributed by atoms with Gasteiger partial charge in [0.15, 0.2) is 0 Å². The zero-order chi connectivity index (χ0) is 14.9. The Bertz CT molecular complexity index is 593. The fourth-order valence-corrected chi connectivity index (χ4v) is 3.71. The van der Waals surface area contributed by atoms with Gasteiger partial charge >= 0.3 is 0 Å². The Morgan fingerprint density at radius 3 is 2.20 bits per heavy atom. The standard InChI is InChI=1S/C15H23NO3S/c1-10(2)11-4-6-12-8-14(19-3)15(20(16,17)18)9-13(12)7-5-11/h8-11H,4-7H2,1-3H3,(H2,16,17,18). The van der Waals surface area contributed by atoms with Crippen LogP contribution in [0, 0.1) is 11.8 Å². The molecule has 0 fully saturated rings. The van der Waals surface area contributed by atoms with Gasteiger partial charge in [0.05, 0.1) is 7.11 Å². The molecule has 0 aromatic heterocycles. The zero-order valence-corrected chi connectivity index (χ0v) is 13.2. The van der Waals surface area contributed by atoms with Crippen molar-refractivity contribution in [2.75, 3.05) is 7.11 Å². The van der Waals surface area contributed by atoms with E-state index in [1.807, 2.05) is 6.07 Å². The van der Waals surface area contributed by atoms with E-state index in [0.29, 0.717) is 17.6 Å². The summed E-state index contributed by atoms with van der Waals surface area (Å²) in [5.74, 6) is 1.70. The molecule has 0 spiro atoms. The van der Waals surface area contributed by atoms with Gasteiger partial charge in [-0.05, 0) is 60.8 Å². The average Bonchev–Trinajstić information content (AvgIpc) is 2.57. The highest BCUT2D eigenvalue weighted by atomic mass is 32.2. The predicted molar refractivity (Wildman–Crippen MR) is 79.3 cm³/mol. The molecule has 0 bridgehead atoms. The summed E-state index contributed by atoms with van der Waals surface area (Å²) in [6.07, 6.45) is 4.12. The van der Waals surface area contributed by atoms with Gasteiger partial charge in [0, 0.05) is 0 Å². The quantitative estimate of drug-likeness (QED) is 0.871. The van der Waals surface area contributed by atoms with Crippen LogP contribution < -0.4 is 9.88 Å². The van der Waals surface area contributed by atoms with Crippen molar-refractivity contribution in [3.8, 4) is 5.75 Å². The van der Waals surface area contributed by atoms with Crippen LogP contribution in [0.2, 0.25) is 0 Å². The highest BCUT2D eigenvalue weighted by molar-refractivity contribution is 7.89. The van der Waals surface area contributed by atoms with E-state index < -0.39 is 10.0 Å². The van der Waals surface area contributed by atoms with Gasteiger partial charge in [0.1, 0.15) is 10.6 Å². The summed E-state index contributed by atoms with van der Waals surface area (Å²) in [4.78, 5) is 0.0988. The third-order valence-corrected chi connectivity index (χ3v) is 5.24. The van der Waals surface area contributed by atoms with Crippen LogP contribution in [0.4, 0.5) is 0 Å². The lowest BCUT2D eigenvalue weighted by atomic mass is 9.88. The van der Waals surface area contributed by atoms with Crippen molar-refractivity contribution in [1.82, 2.24) is 0 Å². The van der Waals surface area contributed by atoms with E-state index in [2.05, 4.69) is 13.8 Å². The van der Waals surface area contributed by atoms with E-state index in [9.17, 15) is 8.42 Å². The average molecular weight is 297 g/mol. The molecule has 0 amide bonds. The molecule has 1 aliphatic rings. The molecule has 1 unspecified atom stereocenters. The Morgan fingerprint density at radius 2 is 1.75 bits per heavy atom. The summed E-state index contributed by atoms with van der Waals surface area (Å²) in [5, 5.41) is 5.27. The van der Waals surface area contributed by atoms with Crippen molar-refractivity contribution in [3.05, 3.63) is 23.3 Å². The molecule has 20 heavy (non-hydrogen) atoms. The van der Waals surface area contributed by atoms with E-state index in [1.54, 1.807) is 6.07 Å². The number of rotatable bonds is 3. The van der Waals surface area contributed by atoms with Crippen LogP contribution in [0.3, 0.4) is 0 Å². The van der Waals surface area contributed by atoms with Crippen LogP contribution >= 0.6 is 0 Å². The first kappa shape index (κ1) is 15.3. The number of ether oxygens (including phenoxy) is 1. The summed E-state index contributed by atoms with van der Waals surface area (Å²) in [6.45, 7) is 4.49. The molecule has 0 radical (unpaired) electrons. The first-order valence-corrected chi connectivity index (χ1v) is 8.60. The monoisotopic (exact) mass is 297 g/mol. The summed E-state index contributed by atoms with van der Waals surface area (Å²) in [7, 11) is -2.27. The maximum atomic E-state index is 11.7. The topological polar surface area (TPSA) is 69.4 Å². The van der Waals surface area contributed by atoms with Crippen LogP contribution in [0.15, 0.2) is 17.0 Å². The van der Waals surface area contributed by atoms with Gasteiger partial charge in [0.25, 0.3) is 0 Å². The number of benzene rings is 1. The van der Waals surface area contributed by atoms with Gasteiger partial charge in [-0.1, -0.05) is 13.8 Å². The molecule has 1 aromatic rings. The molecular formula is C15H23NO3S. The fourth-order valence-electron chi connectivity index (χ4n) is 2.98. The van der Waals surface area contributed by atoms with Crippen molar-refractivity contribution in [2.45, 2.75) is 44.4 Å². The number of methoxy groups -OCH3 is 1. The fraction of sp³-hybridized carbons (Fsp3) is 0.600. The number of aryl methyl sites for hydroxylation is 2. The predicted octanol–water partition coefficient (Wildman–Crippen LogP) is 2.49. The molecule has 0 saturated carbocycles. The van der Waals surface area contributed by atoms with Crippen molar-refractivity contribution < 1.29 is 13.2 Å². The summed E-state index contributed by atoms with van der Waals surface area (Å²) < 4.78 is 28.5. The van der Waals surface area contributed by atoms with Crippen LogP contribution in [0.1, 0.15) is 37.8 Å². The second kappa shape index (κ2) is 5.74. The molecule has 1 aromatic carbocycles. The molecule has 5 heteroatoms. The maximum Gasteiger partial charge on any atom is 0.241 e. The number of nitrogens with two attached hydrogens (primary N) is 1. The molecule has 2 N–H and O–H groups in total. The van der Waals surface area contributed by atoms with E-state index >= 15 is 0 Å². The number of fused-ring (bicyclic) bond motifs is 1.